The van der Waals surface area contributed by atoms with Gasteiger partial charge in [0.2, 0.25) is 0 Å². The Hall–Kier alpha value is -1.86. The lowest BCUT2D eigenvalue weighted by Crippen LogP contribution is -2.48. The van der Waals surface area contributed by atoms with Gasteiger partial charge in [-0.15, -0.1) is 0 Å². The first kappa shape index (κ1) is 14.5. The SMILES string of the molecule is CCOC(=O)N1CCN(Cc2cc(NN)ccn2)CC1. The second kappa shape index (κ2) is 7.06. The first-order chi connectivity index (χ1) is 9.72. The quantitative estimate of drug-likeness (QED) is 0.621. The molecule has 7 heteroatoms. The number of aromatic nitrogens is 1. The molecule has 0 saturated carbocycles. The van der Waals surface area contributed by atoms with E-state index in [1.165, 1.54) is 0 Å². The Kier molecular flexibility index (Phi) is 5.14. The predicted octanol–water partition coefficient (Wildman–Crippen LogP) is 0.641. The number of nitrogens with two attached hydrogens (primary N) is 1. The van der Waals surface area contributed by atoms with Crippen LogP contribution < -0.4 is 11.3 Å². The molecule has 1 saturated heterocycles. The second-order valence-electron chi connectivity index (χ2n) is 4.64. The van der Waals surface area contributed by atoms with Crippen LogP contribution in [0.2, 0.25) is 0 Å². The largest absolute Gasteiger partial charge is 0.450 e. The highest BCUT2D eigenvalue weighted by Gasteiger charge is 2.21. The second-order valence-corrected chi connectivity index (χ2v) is 4.64. The van der Waals surface area contributed by atoms with Gasteiger partial charge in [-0.05, 0) is 19.1 Å². The number of hydrogen-bond donors (Lipinski definition) is 2. The number of nitrogens with one attached hydrogen (secondary N) is 1. The zero-order valence-corrected chi connectivity index (χ0v) is 11.7. The van der Waals surface area contributed by atoms with Crippen LogP contribution in [0.5, 0.6) is 0 Å². The standard InChI is InChI=1S/C13H21N5O2/c1-2-20-13(19)18-7-5-17(6-8-18)10-12-9-11(16-14)3-4-15-12/h3-4,9H,2,5-8,10,14H2,1H3,(H,15,16). The summed E-state index contributed by atoms with van der Waals surface area (Å²) < 4.78 is 5.00. The normalized spacial score (nSPS) is 16.0. The molecular weight excluding hydrogens is 258 g/mol. The van der Waals surface area contributed by atoms with Gasteiger partial charge in [0.05, 0.1) is 18.0 Å². The van der Waals surface area contributed by atoms with Crippen LogP contribution in [0.15, 0.2) is 18.3 Å². The Morgan fingerprint density at radius 3 is 2.85 bits per heavy atom. The molecule has 1 aromatic heterocycles. The number of carbonyl (C=O) groups is 1. The van der Waals surface area contributed by atoms with Gasteiger partial charge in [0.25, 0.3) is 0 Å². The van der Waals surface area contributed by atoms with Gasteiger partial charge < -0.3 is 15.1 Å². The molecule has 20 heavy (non-hydrogen) atoms. The smallest absolute Gasteiger partial charge is 0.409 e. The highest BCUT2D eigenvalue weighted by Crippen LogP contribution is 2.11. The van der Waals surface area contributed by atoms with Crippen LogP contribution in [0.25, 0.3) is 0 Å². The fraction of sp³-hybridized carbons (Fsp3) is 0.538. The van der Waals surface area contributed by atoms with Crippen LogP contribution >= 0.6 is 0 Å². The molecule has 0 radical (unpaired) electrons. The number of amides is 1. The lowest BCUT2D eigenvalue weighted by atomic mass is 10.2. The molecule has 1 aliphatic heterocycles. The van der Waals surface area contributed by atoms with E-state index in [9.17, 15) is 4.79 Å². The van der Waals surface area contributed by atoms with Crippen LogP contribution in [-0.4, -0.2) is 53.7 Å². The first-order valence-corrected chi connectivity index (χ1v) is 6.78. The molecule has 1 aliphatic rings. The molecule has 7 nitrogen and oxygen atoms in total. The average molecular weight is 279 g/mol. The molecule has 0 atom stereocenters. The van der Waals surface area contributed by atoms with Gasteiger partial charge in [0, 0.05) is 38.9 Å². The van der Waals surface area contributed by atoms with Gasteiger partial charge in [-0.1, -0.05) is 0 Å². The van der Waals surface area contributed by atoms with Crippen molar-refractivity contribution in [3.63, 3.8) is 0 Å². The van der Waals surface area contributed by atoms with E-state index >= 15 is 0 Å². The Labute approximate surface area is 118 Å². The maximum atomic E-state index is 11.6. The lowest BCUT2D eigenvalue weighted by Gasteiger charge is -2.33. The molecule has 1 amide bonds. The van der Waals surface area contributed by atoms with Crippen molar-refractivity contribution in [2.45, 2.75) is 13.5 Å². The molecule has 0 spiro atoms. The zero-order chi connectivity index (χ0) is 14.4. The number of anilines is 1. The first-order valence-electron chi connectivity index (χ1n) is 6.78. The van der Waals surface area contributed by atoms with E-state index in [0.717, 1.165) is 31.0 Å². The summed E-state index contributed by atoms with van der Waals surface area (Å²) >= 11 is 0. The van der Waals surface area contributed by atoms with Crippen molar-refractivity contribution >= 4 is 11.8 Å². The molecule has 0 unspecified atom stereocenters. The maximum absolute atomic E-state index is 11.6. The average Bonchev–Trinajstić information content (AvgIpc) is 2.48. The third-order valence-corrected chi connectivity index (χ3v) is 3.27. The van der Waals surface area contributed by atoms with Crippen LogP contribution in [0, 0.1) is 0 Å². The van der Waals surface area contributed by atoms with E-state index in [1.807, 2.05) is 19.1 Å². The highest BCUT2D eigenvalue weighted by atomic mass is 16.6. The number of hydrazine groups is 1. The van der Waals surface area contributed by atoms with Crippen molar-refractivity contribution in [1.29, 1.82) is 0 Å². The summed E-state index contributed by atoms with van der Waals surface area (Å²) in [4.78, 5) is 19.9. The van der Waals surface area contributed by atoms with Crippen molar-refractivity contribution < 1.29 is 9.53 Å². The van der Waals surface area contributed by atoms with E-state index in [-0.39, 0.29) is 6.09 Å². The van der Waals surface area contributed by atoms with Crippen molar-refractivity contribution in [3.05, 3.63) is 24.0 Å². The number of piperazine rings is 1. The predicted molar refractivity (Wildman–Crippen MR) is 75.9 cm³/mol. The number of hydrogen-bond acceptors (Lipinski definition) is 6. The highest BCUT2D eigenvalue weighted by molar-refractivity contribution is 5.67. The van der Waals surface area contributed by atoms with Crippen molar-refractivity contribution in [2.24, 2.45) is 5.84 Å². The summed E-state index contributed by atoms with van der Waals surface area (Å²) in [7, 11) is 0. The molecule has 110 valence electrons. The number of ether oxygens (including phenoxy) is 1. The molecular formula is C13H21N5O2. The van der Waals surface area contributed by atoms with Gasteiger partial charge >= 0.3 is 6.09 Å². The molecule has 2 heterocycles. The maximum Gasteiger partial charge on any atom is 0.409 e. The van der Waals surface area contributed by atoms with E-state index in [4.69, 9.17) is 10.6 Å². The molecule has 0 bridgehead atoms. The van der Waals surface area contributed by atoms with E-state index < -0.39 is 0 Å². The van der Waals surface area contributed by atoms with Crippen molar-refractivity contribution in [1.82, 2.24) is 14.8 Å². The Morgan fingerprint density at radius 1 is 1.45 bits per heavy atom. The molecule has 2 rings (SSSR count). The molecule has 0 aliphatic carbocycles. The summed E-state index contributed by atoms with van der Waals surface area (Å²) in [6.07, 6.45) is 1.51. The van der Waals surface area contributed by atoms with Gasteiger partial charge in [0.1, 0.15) is 0 Å². The summed E-state index contributed by atoms with van der Waals surface area (Å²) in [5, 5.41) is 0. The lowest BCUT2D eigenvalue weighted by molar-refractivity contribution is 0.0775. The Balaban J connectivity index is 1.83. The van der Waals surface area contributed by atoms with Crippen LogP contribution in [0.1, 0.15) is 12.6 Å². The minimum absolute atomic E-state index is 0.223. The third-order valence-electron chi connectivity index (χ3n) is 3.27. The number of pyridine rings is 1. The van der Waals surface area contributed by atoms with E-state index in [2.05, 4.69) is 15.3 Å². The minimum atomic E-state index is -0.223. The molecule has 0 aromatic carbocycles. The Morgan fingerprint density at radius 2 is 2.20 bits per heavy atom. The molecule has 1 aromatic rings. The number of carbonyl (C=O) groups excluding carboxylic acids is 1. The van der Waals surface area contributed by atoms with Gasteiger partial charge in [-0.2, -0.15) is 0 Å². The Bertz CT molecular complexity index is 446. The monoisotopic (exact) mass is 279 g/mol. The van der Waals surface area contributed by atoms with E-state index in [1.54, 1.807) is 11.1 Å². The fourth-order valence-electron chi connectivity index (χ4n) is 2.19. The van der Waals surface area contributed by atoms with Crippen LogP contribution in [0.3, 0.4) is 0 Å². The van der Waals surface area contributed by atoms with Gasteiger partial charge in [-0.25, -0.2) is 4.79 Å². The number of nitrogen functional groups attached to an aromatic ring is 1. The van der Waals surface area contributed by atoms with Crippen molar-refractivity contribution in [3.8, 4) is 0 Å². The fourth-order valence-corrected chi connectivity index (χ4v) is 2.19. The van der Waals surface area contributed by atoms with Crippen LogP contribution in [-0.2, 0) is 11.3 Å². The number of rotatable bonds is 4. The zero-order valence-electron chi connectivity index (χ0n) is 11.7. The number of nitrogens with zero attached hydrogens (tertiary/aromatic N) is 3. The third kappa shape index (κ3) is 3.82. The summed E-state index contributed by atoms with van der Waals surface area (Å²) in [5.74, 6) is 5.38. The minimum Gasteiger partial charge on any atom is -0.450 e. The van der Waals surface area contributed by atoms with E-state index in [0.29, 0.717) is 19.7 Å². The van der Waals surface area contributed by atoms with Gasteiger partial charge in [-0.3, -0.25) is 15.7 Å². The molecule has 3 N–H and O–H groups in total. The summed E-state index contributed by atoms with van der Waals surface area (Å²) in [5.41, 5.74) is 4.42. The topological polar surface area (TPSA) is 83.7 Å². The van der Waals surface area contributed by atoms with Gasteiger partial charge in [0.15, 0.2) is 0 Å². The summed E-state index contributed by atoms with van der Waals surface area (Å²) in [6.45, 7) is 6.01. The molecule has 1 fully saturated rings. The van der Waals surface area contributed by atoms with Crippen LogP contribution in [0.4, 0.5) is 10.5 Å². The summed E-state index contributed by atoms with van der Waals surface area (Å²) in [6, 6.07) is 3.75. The van der Waals surface area contributed by atoms with Crippen molar-refractivity contribution in [2.75, 3.05) is 38.2 Å².